The fourth-order valence-corrected chi connectivity index (χ4v) is 3.01. The smallest absolute Gasteiger partial charge is 0.305 e. The molecule has 0 aliphatic heterocycles. The molecule has 1 fully saturated rings. The summed E-state index contributed by atoms with van der Waals surface area (Å²) < 4.78 is 1.83. The number of rotatable bonds is 4. The first kappa shape index (κ1) is 14.6. The summed E-state index contributed by atoms with van der Waals surface area (Å²) in [6.45, 7) is 1.93. The van der Waals surface area contributed by atoms with Gasteiger partial charge in [-0.1, -0.05) is 19.3 Å². The maximum Gasteiger partial charge on any atom is 0.305 e. The van der Waals surface area contributed by atoms with Crippen molar-refractivity contribution in [3.05, 3.63) is 23.5 Å². The maximum absolute atomic E-state index is 12.4. The Labute approximate surface area is 119 Å². The molecular weight excluding hydrogens is 256 g/mol. The molecule has 0 saturated heterocycles. The quantitative estimate of drug-likeness (QED) is 0.887. The lowest BCUT2D eigenvalue weighted by molar-refractivity contribution is -0.139. The van der Waals surface area contributed by atoms with Crippen molar-refractivity contribution in [2.75, 3.05) is 0 Å². The average Bonchev–Trinajstić information content (AvgIpc) is 2.70. The Morgan fingerprint density at radius 3 is 2.45 bits per heavy atom. The number of carboxylic acids is 1. The van der Waals surface area contributed by atoms with Gasteiger partial charge < -0.3 is 15.0 Å². The molecule has 0 aromatic carbocycles. The molecule has 2 N–H and O–H groups in total. The summed E-state index contributed by atoms with van der Waals surface area (Å²) in [4.78, 5) is 23.5. The van der Waals surface area contributed by atoms with Crippen molar-refractivity contribution < 1.29 is 14.7 Å². The predicted molar refractivity (Wildman–Crippen MR) is 75.7 cm³/mol. The van der Waals surface area contributed by atoms with Crippen molar-refractivity contribution in [2.24, 2.45) is 7.05 Å². The van der Waals surface area contributed by atoms with Crippen molar-refractivity contribution in [1.82, 2.24) is 9.88 Å². The van der Waals surface area contributed by atoms with E-state index in [0.717, 1.165) is 37.8 Å². The molecule has 5 nitrogen and oxygen atoms in total. The summed E-state index contributed by atoms with van der Waals surface area (Å²) >= 11 is 0. The fraction of sp³-hybridized carbons (Fsp3) is 0.600. The van der Waals surface area contributed by atoms with Crippen molar-refractivity contribution in [3.8, 4) is 0 Å². The molecule has 1 aliphatic carbocycles. The number of aryl methyl sites for hydroxylation is 1. The molecule has 1 heterocycles. The standard InChI is InChI=1S/C15H22N2O3/c1-11-6-7-12(17(11)2)14(20)16-15(10-13(18)19)8-4-3-5-9-15/h6-7H,3-5,8-10H2,1-2H3,(H,16,20)(H,18,19). The molecule has 0 atom stereocenters. The van der Waals surface area contributed by atoms with Gasteiger partial charge >= 0.3 is 5.97 Å². The van der Waals surface area contributed by atoms with Crippen LogP contribution in [0, 0.1) is 6.92 Å². The molecule has 1 aromatic heterocycles. The van der Waals surface area contributed by atoms with E-state index in [1.807, 2.05) is 24.6 Å². The number of carbonyl (C=O) groups excluding carboxylic acids is 1. The SMILES string of the molecule is Cc1ccc(C(=O)NC2(CC(=O)O)CCCCC2)n1C. The highest BCUT2D eigenvalue weighted by Gasteiger charge is 2.36. The summed E-state index contributed by atoms with van der Waals surface area (Å²) in [5.41, 5.74) is 1.00. The highest BCUT2D eigenvalue weighted by atomic mass is 16.4. The largest absolute Gasteiger partial charge is 0.481 e. The number of nitrogens with one attached hydrogen (secondary N) is 1. The Bertz CT molecular complexity index is 513. The van der Waals surface area contributed by atoms with Crippen molar-refractivity contribution in [2.45, 2.75) is 51.0 Å². The Morgan fingerprint density at radius 1 is 1.30 bits per heavy atom. The van der Waals surface area contributed by atoms with E-state index in [-0.39, 0.29) is 12.3 Å². The summed E-state index contributed by atoms with van der Waals surface area (Å²) in [6, 6.07) is 3.67. The van der Waals surface area contributed by atoms with Gasteiger partial charge in [0, 0.05) is 12.7 Å². The zero-order chi connectivity index (χ0) is 14.8. The van der Waals surface area contributed by atoms with Crippen LogP contribution in [0.4, 0.5) is 0 Å². The van der Waals surface area contributed by atoms with Gasteiger partial charge in [0.05, 0.1) is 12.0 Å². The number of carboxylic acid groups (broad SMARTS) is 1. The van der Waals surface area contributed by atoms with Gasteiger partial charge in [-0.05, 0) is 31.9 Å². The number of carbonyl (C=O) groups is 2. The van der Waals surface area contributed by atoms with E-state index in [4.69, 9.17) is 5.11 Å². The van der Waals surface area contributed by atoms with E-state index in [1.54, 1.807) is 6.07 Å². The Kier molecular flexibility index (Phi) is 4.16. The molecule has 1 saturated carbocycles. The first-order valence-corrected chi connectivity index (χ1v) is 7.10. The van der Waals surface area contributed by atoms with Gasteiger partial charge in [0.1, 0.15) is 5.69 Å². The molecule has 0 unspecified atom stereocenters. The zero-order valence-corrected chi connectivity index (χ0v) is 12.1. The normalized spacial score (nSPS) is 17.7. The number of hydrogen-bond donors (Lipinski definition) is 2. The highest BCUT2D eigenvalue weighted by molar-refractivity contribution is 5.93. The van der Waals surface area contributed by atoms with Crippen LogP contribution in [0.2, 0.25) is 0 Å². The lowest BCUT2D eigenvalue weighted by Crippen LogP contribution is -2.51. The van der Waals surface area contributed by atoms with Crippen LogP contribution >= 0.6 is 0 Å². The number of amides is 1. The molecule has 5 heteroatoms. The topological polar surface area (TPSA) is 71.3 Å². The van der Waals surface area contributed by atoms with Crippen LogP contribution in [0.1, 0.15) is 54.7 Å². The highest BCUT2D eigenvalue weighted by Crippen LogP contribution is 2.31. The summed E-state index contributed by atoms with van der Waals surface area (Å²) in [7, 11) is 1.84. The second-order valence-electron chi connectivity index (χ2n) is 5.78. The van der Waals surface area contributed by atoms with Crippen LogP contribution in [0.15, 0.2) is 12.1 Å². The molecule has 1 aliphatic rings. The van der Waals surface area contributed by atoms with E-state index in [1.165, 1.54) is 0 Å². The number of aromatic nitrogens is 1. The number of nitrogens with zero attached hydrogens (tertiary/aromatic N) is 1. The van der Waals surface area contributed by atoms with Gasteiger partial charge in [0.2, 0.25) is 0 Å². The molecular formula is C15H22N2O3. The minimum atomic E-state index is -0.852. The zero-order valence-electron chi connectivity index (χ0n) is 12.1. The predicted octanol–water partition coefficient (Wildman–Crippen LogP) is 2.24. The lowest BCUT2D eigenvalue weighted by atomic mass is 9.79. The second kappa shape index (κ2) is 5.69. The second-order valence-corrected chi connectivity index (χ2v) is 5.78. The lowest BCUT2D eigenvalue weighted by Gasteiger charge is -2.37. The summed E-state index contributed by atoms with van der Waals surface area (Å²) in [5.74, 6) is -1.03. The van der Waals surface area contributed by atoms with Gasteiger partial charge in [-0.15, -0.1) is 0 Å². The van der Waals surface area contributed by atoms with Gasteiger partial charge in [-0.25, -0.2) is 0 Å². The Hall–Kier alpha value is -1.78. The van der Waals surface area contributed by atoms with Gasteiger partial charge in [0.25, 0.3) is 5.91 Å². The third-order valence-electron chi connectivity index (χ3n) is 4.28. The van der Waals surface area contributed by atoms with Crippen LogP contribution in [-0.4, -0.2) is 27.1 Å². The van der Waals surface area contributed by atoms with Crippen molar-refractivity contribution in [1.29, 1.82) is 0 Å². The molecule has 2 rings (SSSR count). The van der Waals surface area contributed by atoms with Gasteiger partial charge in [-0.2, -0.15) is 0 Å². The summed E-state index contributed by atoms with van der Waals surface area (Å²) in [5, 5.41) is 12.1. The molecule has 0 radical (unpaired) electrons. The van der Waals surface area contributed by atoms with E-state index in [0.29, 0.717) is 5.69 Å². The van der Waals surface area contributed by atoms with E-state index >= 15 is 0 Å². The third-order valence-corrected chi connectivity index (χ3v) is 4.28. The van der Waals surface area contributed by atoms with Crippen LogP contribution in [0.25, 0.3) is 0 Å². The third kappa shape index (κ3) is 3.03. The molecule has 110 valence electrons. The molecule has 1 aromatic rings. The minimum Gasteiger partial charge on any atom is -0.481 e. The molecule has 20 heavy (non-hydrogen) atoms. The summed E-state index contributed by atoms with van der Waals surface area (Å²) in [6.07, 6.45) is 4.55. The van der Waals surface area contributed by atoms with E-state index in [2.05, 4.69) is 5.32 Å². The number of hydrogen-bond acceptors (Lipinski definition) is 2. The molecule has 0 spiro atoms. The van der Waals surface area contributed by atoms with Crippen LogP contribution in [0.5, 0.6) is 0 Å². The van der Waals surface area contributed by atoms with Crippen LogP contribution < -0.4 is 5.32 Å². The monoisotopic (exact) mass is 278 g/mol. The maximum atomic E-state index is 12.4. The molecule has 0 bridgehead atoms. The van der Waals surface area contributed by atoms with Crippen LogP contribution in [-0.2, 0) is 11.8 Å². The Morgan fingerprint density at radius 2 is 1.95 bits per heavy atom. The van der Waals surface area contributed by atoms with Crippen LogP contribution in [0.3, 0.4) is 0 Å². The molecule has 1 amide bonds. The average molecular weight is 278 g/mol. The fourth-order valence-electron chi connectivity index (χ4n) is 3.01. The van der Waals surface area contributed by atoms with E-state index < -0.39 is 11.5 Å². The first-order chi connectivity index (χ1) is 9.43. The first-order valence-electron chi connectivity index (χ1n) is 7.10. The van der Waals surface area contributed by atoms with Gasteiger partial charge in [-0.3, -0.25) is 9.59 Å². The number of aliphatic carboxylic acids is 1. The van der Waals surface area contributed by atoms with Crippen molar-refractivity contribution >= 4 is 11.9 Å². The van der Waals surface area contributed by atoms with Gasteiger partial charge in [0.15, 0.2) is 0 Å². The Balaban J connectivity index is 2.17. The van der Waals surface area contributed by atoms with E-state index in [9.17, 15) is 9.59 Å². The van der Waals surface area contributed by atoms with Crippen molar-refractivity contribution in [3.63, 3.8) is 0 Å². The minimum absolute atomic E-state index is 0.00213.